The Morgan fingerprint density at radius 1 is 1.46 bits per heavy atom. The molecule has 138 valence electrons. The molecule has 0 radical (unpaired) electrons. The fourth-order valence-corrected chi connectivity index (χ4v) is 6.03. The van der Waals surface area contributed by atoms with Crippen LogP contribution >= 0.6 is 0 Å². The quantitative estimate of drug-likeness (QED) is 0.551. The van der Waals surface area contributed by atoms with Crippen molar-refractivity contribution in [1.29, 1.82) is 0 Å². The Labute approximate surface area is 152 Å². The van der Waals surface area contributed by atoms with Gasteiger partial charge in [-0.05, 0) is 37.9 Å². The number of aromatic hydroxyl groups is 1. The van der Waals surface area contributed by atoms with E-state index in [1.807, 2.05) is 13.0 Å². The molecule has 2 saturated heterocycles. The van der Waals surface area contributed by atoms with Crippen LogP contribution in [-0.4, -0.2) is 53.4 Å². The molecular formula is C20H24N2O4. The van der Waals surface area contributed by atoms with Crippen LogP contribution in [0.5, 0.6) is 5.75 Å². The lowest BCUT2D eigenvalue weighted by Crippen LogP contribution is -2.57. The van der Waals surface area contributed by atoms with Crippen molar-refractivity contribution in [2.45, 2.75) is 37.3 Å². The molecule has 5 rings (SSSR count). The molecule has 2 fully saturated rings. The number of nitrogens with one attached hydrogen (secondary N) is 1. The molecule has 4 aliphatic rings. The van der Waals surface area contributed by atoms with E-state index in [0.29, 0.717) is 11.3 Å². The summed E-state index contributed by atoms with van der Waals surface area (Å²) in [6, 6.07) is 5.90. The van der Waals surface area contributed by atoms with Crippen LogP contribution in [0.25, 0.3) is 0 Å². The van der Waals surface area contributed by atoms with Crippen LogP contribution in [0.15, 0.2) is 29.5 Å². The minimum Gasteiger partial charge on any atom is -0.506 e. The third kappa shape index (κ3) is 1.76. The molecule has 6 nitrogen and oxygen atoms in total. The number of anilines is 1. The van der Waals surface area contributed by atoms with Gasteiger partial charge in [0, 0.05) is 30.1 Å². The number of benzene rings is 1. The summed E-state index contributed by atoms with van der Waals surface area (Å²) in [4.78, 5) is 15.3. The summed E-state index contributed by atoms with van der Waals surface area (Å²) in [5.74, 6) is -0.145. The molecule has 1 spiro atoms. The Morgan fingerprint density at radius 2 is 2.27 bits per heavy atom. The molecule has 1 aromatic rings. The number of aliphatic hydroxyl groups excluding tert-OH is 1. The normalized spacial score (nSPS) is 35.6. The van der Waals surface area contributed by atoms with Crippen LogP contribution in [0.1, 0.15) is 25.3 Å². The predicted molar refractivity (Wildman–Crippen MR) is 95.7 cm³/mol. The molecule has 6 heteroatoms. The Kier molecular flexibility index (Phi) is 3.25. The number of piperidine rings is 1. The number of rotatable bonds is 2. The summed E-state index contributed by atoms with van der Waals surface area (Å²) in [5, 5.41) is 24.2. The highest BCUT2D eigenvalue weighted by Gasteiger charge is 2.63. The van der Waals surface area contributed by atoms with Gasteiger partial charge in [0.25, 0.3) is 0 Å². The van der Waals surface area contributed by atoms with Crippen molar-refractivity contribution in [3.05, 3.63) is 35.0 Å². The molecule has 0 amide bonds. The van der Waals surface area contributed by atoms with Crippen LogP contribution in [0, 0.1) is 11.8 Å². The summed E-state index contributed by atoms with van der Waals surface area (Å²) in [6.45, 7) is 3.52. The summed E-state index contributed by atoms with van der Waals surface area (Å²) in [6.07, 6.45) is 1.24. The lowest BCUT2D eigenvalue weighted by atomic mass is 9.60. The molecule has 1 aliphatic carbocycles. The first-order valence-corrected chi connectivity index (χ1v) is 9.33. The first-order valence-electron chi connectivity index (χ1n) is 9.33. The average Bonchev–Trinajstić information content (AvgIpc) is 3.18. The largest absolute Gasteiger partial charge is 0.506 e. The Morgan fingerprint density at radius 3 is 3.00 bits per heavy atom. The van der Waals surface area contributed by atoms with Gasteiger partial charge >= 0.3 is 5.97 Å². The van der Waals surface area contributed by atoms with Gasteiger partial charge in [-0.1, -0.05) is 12.1 Å². The summed E-state index contributed by atoms with van der Waals surface area (Å²) in [5.41, 5.74) is 3.04. The zero-order chi connectivity index (χ0) is 18.2. The highest BCUT2D eigenvalue weighted by Crippen LogP contribution is 2.62. The first kappa shape index (κ1) is 16.1. The molecule has 1 unspecified atom stereocenters. The topological polar surface area (TPSA) is 82.0 Å². The number of aliphatic hydroxyl groups is 1. The second-order valence-corrected chi connectivity index (χ2v) is 8.08. The van der Waals surface area contributed by atoms with Gasteiger partial charge in [-0.2, -0.15) is 0 Å². The van der Waals surface area contributed by atoms with Crippen molar-refractivity contribution in [2.24, 2.45) is 11.8 Å². The number of nitrogens with zero attached hydrogens (tertiary/aromatic N) is 1. The number of carbonyl (C=O) groups is 1. The highest BCUT2D eigenvalue weighted by atomic mass is 16.5. The van der Waals surface area contributed by atoms with Crippen molar-refractivity contribution < 1.29 is 19.7 Å². The second kappa shape index (κ2) is 5.24. The van der Waals surface area contributed by atoms with E-state index in [4.69, 9.17) is 4.74 Å². The SMILES string of the molecule is COC(=O)C1=C2Nc3c(O)cccc3[C@@]23CCN2C[C@@H](C(C)O)[C@@H]1C[C@H]23. The predicted octanol–water partition coefficient (Wildman–Crippen LogP) is 1.59. The molecule has 3 heterocycles. The maximum absolute atomic E-state index is 12.8. The van der Waals surface area contributed by atoms with E-state index in [2.05, 4.69) is 16.3 Å². The van der Waals surface area contributed by atoms with E-state index < -0.39 is 6.10 Å². The Balaban J connectivity index is 1.79. The summed E-state index contributed by atoms with van der Waals surface area (Å²) in [7, 11) is 1.41. The van der Waals surface area contributed by atoms with Gasteiger partial charge < -0.3 is 20.3 Å². The molecular weight excluding hydrogens is 332 g/mol. The van der Waals surface area contributed by atoms with E-state index in [9.17, 15) is 15.0 Å². The van der Waals surface area contributed by atoms with Crippen LogP contribution in [-0.2, 0) is 14.9 Å². The van der Waals surface area contributed by atoms with Crippen molar-refractivity contribution in [3.8, 4) is 5.75 Å². The van der Waals surface area contributed by atoms with Gasteiger partial charge in [0.2, 0.25) is 0 Å². The molecule has 3 aliphatic heterocycles. The number of phenols is 1. The maximum Gasteiger partial charge on any atom is 0.335 e. The number of methoxy groups -OCH3 is 1. The zero-order valence-electron chi connectivity index (χ0n) is 15.0. The standard InChI is InChI=1S/C20H24N2O4/c1-10(23)12-9-22-7-6-20-13-4-3-5-14(24)17(13)21-18(20)16(19(25)26-2)11(12)8-15(20)22/h3-5,10-12,15,21,23-24H,6-9H2,1-2H3/t10?,11-,12-,15-,20+/m0/s1. The number of hydrogen-bond donors (Lipinski definition) is 3. The average molecular weight is 356 g/mol. The molecule has 3 N–H and O–H groups in total. The lowest BCUT2D eigenvalue weighted by Gasteiger charge is -2.51. The number of phenolic OH excluding ortho intramolecular Hbond substituents is 1. The van der Waals surface area contributed by atoms with E-state index in [1.54, 1.807) is 6.07 Å². The van der Waals surface area contributed by atoms with Gasteiger partial charge in [0.05, 0.1) is 29.9 Å². The van der Waals surface area contributed by atoms with Gasteiger partial charge in [-0.15, -0.1) is 0 Å². The number of para-hydroxylation sites is 1. The molecule has 26 heavy (non-hydrogen) atoms. The van der Waals surface area contributed by atoms with Gasteiger partial charge in [0.1, 0.15) is 5.75 Å². The zero-order valence-corrected chi connectivity index (χ0v) is 15.0. The van der Waals surface area contributed by atoms with E-state index in [-0.39, 0.29) is 35.0 Å². The summed E-state index contributed by atoms with van der Waals surface area (Å²) >= 11 is 0. The molecule has 1 aromatic carbocycles. The van der Waals surface area contributed by atoms with Crippen LogP contribution in [0.2, 0.25) is 0 Å². The number of carbonyl (C=O) groups excluding carboxylic acids is 1. The number of ether oxygens (including phenoxy) is 1. The van der Waals surface area contributed by atoms with Crippen molar-refractivity contribution in [1.82, 2.24) is 4.90 Å². The second-order valence-electron chi connectivity index (χ2n) is 8.08. The third-order valence-electron chi connectivity index (χ3n) is 7.13. The monoisotopic (exact) mass is 356 g/mol. The van der Waals surface area contributed by atoms with Crippen molar-refractivity contribution in [3.63, 3.8) is 0 Å². The number of hydrogen-bond acceptors (Lipinski definition) is 6. The van der Waals surface area contributed by atoms with Crippen LogP contribution in [0.3, 0.4) is 0 Å². The lowest BCUT2D eigenvalue weighted by molar-refractivity contribution is -0.138. The highest BCUT2D eigenvalue weighted by molar-refractivity contribution is 5.94. The van der Waals surface area contributed by atoms with Gasteiger partial charge in [-0.3, -0.25) is 4.90 Å². The minimum atomic E-state index is -0.494. The van der Waals surface area contributed by atoms with Crippen molar-refractivity contribution >= 4 is 11.7 Å². The van der Waals surface area contributed by atoms with E-state index >= 15 is 0 Å². The first-order chi connectivity index (χ1) is 12.5. The van der Waals surface area contributed by atoms with Crippen LogP contribution in [0.4, 0.5) is 5.69 Å². The minimum absolute atomic E-state index is 0.00283. The van der Waals surface area contributed by atoms with Crippen LogP contribution < -0.4 is 5.32 Å². The van der Waals surface area contributed by atoms with E-state index in [1.165, 1.54) is 7.11 Å². The maximum atomic E-state index is 12.8. The number of fused-ring (bicyclic) bond motifs is 2. The fraction of sp³-hybridized carbons (Fsp3) is 0.550. The molecule has 5 atom stereocenters. The van der Waals surface area contributed by atoms with E-state index in [0.717, 1.165) is 37.2 Å². The Hall–Kier alpha value is -2.05. The molecule has 0 aromatic heterocycles. The molecule has 0 saturated carbocycles. The summed E-state index contributed by atoms with van der Waals surface area (Å²) < 4.78 is 5.16. The van der Waals surface area contributed by atoms with Gasteiger partial charge in [0.15, 0.2) is 0 Å². The van der Waals surface area contributed by atoms with Crippen molar-refractivity contribution in [2.75, 3.05) is 25.5 Å². The third-order valence-corrected chi connectivity index (χ3v) is 7.13. The fourth-order valence-electron chi connectivity index (χ4n) is 6.03. The molecule has 2 bridgehead atoms. The number of esters is 1. The smallest absolute Gasteiger partial charge is 0.335 e. The van der Waals surface area contributed by atoms with Gasteiger partial charge in [-0.25, -0.2) is 4.79 Å². The Bertz CT molecular complexity index is 833.